The molecule has 1 heterocycles. The second kappa shape index (κ2) is 2.82. The molecule has 1 aliphatic heterocycles. The molecule has 4 aliphatic rings. The van der Waals surface area contributed by atoms with E-state index in [0.717, 1.165) is 0 Å². The fourth-order valence-electron chi connectivity index (χ4n) is 4.23. The first kappa shape index (κ1) is 10.2. The molecule has 1 N–H and O–H groups in total. The number of aliphatic hydroxyl groups is 1. The van der Waals surface area contributed by atoms with Crippen molar-refractivity contribution in [2.45, 2.75) is 37.9 Å². The van der Waals surface area contributed by atoms with E-state index in [4.69, 9.17) is 9.47 Å². The van der Waals surface area contributed by atoms with E-state index in [1.165, 1.54) is 0 Å². The van der Waals surface area contributed by atoms with Crippen LogP contribution in [0.25, 0.3) is 0 Å². The van der Waals surface area contributed by atoms with Crippen LogP contribution in [-0.2, 0) is 14.3 Å². The maximum atomic E-state index is 12.0. The van der Waals surface area contributed by atoms with Crippen molar-refractivity contribution in [1.82, 2.24) is 0 Å². The Hall–Kier alpha value is -0.710. The van der Waals surface area contributed by atoms with Crippen molar-refractivity contribution in [3.63, 3.8) is 0 Å². The minimum absolute atomic E-state index is 0.00333. The molecule has 2 bridgehead atoms. The number of carbonyl (C=O) groups excluding carboxylic acids is 1. The van der Waals surface area contributed by atoms with Gasteiger partial charge in [-0.3, -0.25) is 4.79 Å². The molecular weight excluding hydrogens is 220 g/mol. The van der Waals surface area contributed by atoms with E-state index in [1.807, 2.05) is 26.0 Å². The summed E-state index contributed by atoms with van der Waals surface area (Å²) >= 11 is 0. The first-order valence-corrected chi connectivity index (χ1v) is 6.25. The number of rotatable bonds is 0. The highest BCUT2D eigenvalue weighted by molar-refractivity contribution is 5.92. The van der Waals surface area contributed by atoms with Gasteiger partial charge >= 0.3 is 0 Å². The Bertz CT molecular complexity index is 427. The summed E-state index contributed by atoms with van der Waals surface area (Å²) in [5.41, 5.74) is 0. The van der Waals surface area contributed by atoms with Crippen molar-refractivity contribution in [2.75, 3.05) is 0 Å². The minimum atomic E-state index is -0.643. The molecule has 7 atom stereocenters. The number of carbonyl (C=O) groups is 1. The zero-order valence-electron chi connectivity index (χ0n) is 9.87. The first-order chi connectivity index (χ1) is 7.99. The maximum Gasteiger partial charge on any atom is 0.163 e. The van der Waals surface area contributed by atoms with Crippen LogP contribution in [-0.4, -0.2) is 35.0 Å². The van der Waals surface area contributed by atoms with Crippen molar-refractivity contribution in [2.24, 2.45) is 23.7 Å². The monoisotopic (exact) mass is 236 g/mol. The standard InChI is InChI=1S/C13H16O4/c1-13(2)16-11-8-6-4-3-5(9(6)14)7(8)10(15)12(11)17-13/h3-8,10-12,15H,1-2H3/t5-,6+,7+,8-,10+,11+,12-/m0/s1. The number of ketones is 1. The molecule has 4 rings (SSSR count). The minimum Gasteiger partial charge on any atom is -0.390 e. The lowest BCUT2D eigenvalue weighted by Crippen LogP contribution is -2.34. The van der Waals surface area contributed by atoms with Crippen LogP contribution in [0.5, 0.6) is 0 Å². The van der Waals surface area contributed by atoms with Crippen LogP contribution >= 0.6 is 0 Å². The Morgan fingerprint density at radius 3 is 2.41 bits per heavy atom. The average Bonchev–Trinajstić information content (AvgIpc) is 2.91. The number of allylic oxidation sites excluding steroid dienone is 2. The molecule has 0 aromatic heterocycles. The van der Waals surface area contributed by atoms with Crippen molar-refractivity contribution in [1.29, 1.82) is 0 Å². The molecule has 17 heavy (non-hydrogen) atoms. The zero-order valence-corrected chi connectivity index (χ0v) is 9.87. The lowest BCUT2D eigenvalue weighted by atomic mass is 9.84. The van der Waals surface area contributed by atoms with Gasteiger partial charge in [-0.25, -0.2) is 0 Å². The molecule has 1 saturated heterocycles. The predicted octanol–water partition coefficient (Wildman–Crippen LogP) is 0.498. The Balaban J connectivity index is 1.75. The topological polar surface area (TPSA) is 55.8 Å². The molecule has 0 amide bonds. The third kappa shape index (κ3) is 1.07. The fourth-order valence-corrected chi connectivity index (χ4v) is 4.23. The number of ether oxygens (including phenoxy) is 2. The van der Waals surface area contributed by atoms with Crippen LogP contribution in [0.2, 0.25) is 0 Å². The zero-order chi connectivity index (χ0) is 11.9. The molecule has 4 heteroatoms. The SMILES string of the molecule is CC1(C)O[C@H]2[C@H](O)[C@H]3[C@@H]([C@H]2O1)[C@H]1C=C[C@@H]3C1=O. The van der Waals surface area contributed by atoms with Gasteiger partial charge in [-0.15, -0.1) is 0 Å². The molecule has 0 aromatic carbocycles. The van der Waals surface area contributed by atoms with Crippen LogP contribution in [0.4, 0.5) is 0 Å². The van der Waals surface area contributed by atoms with Crippen LogP contribution in [0.1, 0.15) is 13.8 Å². The van der Waals surface area contributed by atoms with E-state index in [-0.39, 0.29) is 41.7 Å². The van der Waals surface area contributed by atoms with E-state index < -0.39 is 11.9 Å². The van der Waals surface area contributed by atoms with Gasteiger partial charge in [0, 0.05) is 23.7 Å². The molecule has 4 nitrogen and oxygen atoms in total. The molecule has 0 unspecified atom stereocenters. The molecule has 2 saturated carbocycles. The number of aliphatic hydroxyl groups excluding tert-OH is 1. The highest BCUT2D eigenvalue weighted by Gasteiger charge is 2.67. The molecule has 0 spiro atoms. The van der Waals surface area contributed by atoms with Crippen molar-refractivity contribution < 1.29 is 19.4 Å². The van der Waals surface area contributed by atoms with E-state index in [0.29, 0.717) is 0 Å². The van der Waals surface area contributed by atoms with Gasteiger partial charge in [-0.05, 0) is 13.8 Å². The fraction of sp³-hybridized carbons (Fsp3) is 0.769. The second-order valence-corrected chi connectivity index (χ2v) is 6.05. The Labute approximate surface area is 99.6 Å². The molecule has 92 valence electrons. The predicted molar refractivity (Wildman–Crippen MR) is 57.9 cm³/mol. The largest absolute Gasteiger partial charge is 0.390 e. The van der Waals surface area contributed by atoms with Gasteiger partial charge in [0.1, 0.15) is 11.9 Å². The third-order valence-electron chi connectivity index (χ3n) is 4.73. The summed E-state index contributed by atoms with van der Waals surface area (Å²) in [7, 11) is 0. The van der Waals surface area contributed by atoms with Gasteiger partial charge in [0.15, 0.2) is 5.79 Å². The summed E-state index contributed by atoms with van der Waals surface area (Å²) < 4.78 is 11.7. The van der Waals surface area contributed by atoms with Gasteiger partial charge < -0.3 is 14.6 Å². The van der Waals surface area contributed by atoms with E-state index in [9.17, 15) is 9.90 Å². The first-order valence-electron chi connectivity index (χ1n) is 6.25. The van der Waals surface area contributed by atoms with Crippen molar-refractivity contribution >= 4 is 5.78 Å². The Morgan fingerprint density at radius 1 is 1.12 bits per heavy atom. The second-order valence-electron chi connectivity index (χ2n) is 6.05. The smallest absolute Gasteiger partial charge is 0.163 e. The van der Waals surface area contributed by atoms with Crippen LogP contribution < -0.4 is 0 Å². The summed E-state index contributed by atoms with van der Waals surface area (Å²) in [6.45, 7) is 3.72. The van der Waals surface area contributed by atoms with E-state index in [2.05, 4.69) is 0 Å². The summed E-state index contributed by atoms with van der Waals surface area (Å²) in [6.07, 6.45) is 2.96. The number of hydrogen-bond acceptors (Lipinski definition) is 4. The summed E-state index contributed by atoms with van der Waals surface area (Å²) in [4.78, 5) is 12.0. The molecule has 0 aromatic rings. The van der Waals surface area contributed by atoms with Crippen LogP contribution in [0.3, 0.4) is 0 Å². The van der Waals surface area contributed by atoms with Gasteiger partial charge in [-0.2, -0.15) is 0 Å². The van der Waals surface area contributed by atoms with E-state index >= 15 is 0 Å². The number of fused-ring (bicyclic) bond motifs is 7. The lowest BCUT2D eigenvalue weighted by molar-refractivity contribution is -0.174. The van der Waals surface area contributed by atoms with E-state index in [1.54, 1.807) is 0 Å². The maximum absolute atomic E-state index is 12.0. The quantitative estimate of drug-likeness (QED) is 0.622. The summed E-state index contributed by atoms with van der Waals surface area (Å²) in [5, 5.41) is 10.4. The Morgan fingerprint density at radius 2 is 1.71 bits per heavy atom. The van der Waals surface area contributed by atoms with Gasteiger partial charge in [0.2, 0.25) is 0 Å². The van der Waals surface area contributed by atoms with Crippen LogP contribution in [0.15, 0.2) is 12.2 Å². The van der Waals surface area contributed by atoms with Gasteiger partial charge in [-0.1, -0.05) is 12.2 Å². The summed E-state index contributed by atoms with van der Waals surface area (Å²) in [6, 6.07) is 0. The highest BCUT2D eigenvalue weighted by Crippen LogP contribution is 2.57. The van der Waals surface area contributed by atoms with Crippen molar-refractivity contribution in [3.05, 3.63) is 12.2 Å². The van der Waals surface area contributed by atoms with Crippen molar-refractivity contribution in [3.8, 4) is 0 Å². The number of Topliss-reactive ketones (excluding diaryl/α,β-unsaturated/α-hetero) is 1. The molecular formula is C13H16O4. The normalized spacial score (nSPS) is 57.6. The number of hydrogen-bond donors (Lipinski definition) is 1. The average molecular weight is 236 g/mol. The molecule has 0 radical (unpaired) electrons. The lowest BCUT2D eigenvalue weighted by Gasteiger charge is -2.27. The third-order valence-corrected chi connectivity index (χ3v) is 4.73. The molecule has 3 aliphatic carbocycles. The Kier molecular flexibility index (Phi) is 1.70. The molecule has 3 fully saturated rings. The van der Waals surface area contributed by atoms with Crippen LogP contribution in [0, 0.1) is 23.7 Å². The van der Waals surface area contributed by atoms with Gasteiger partial charge in [0.25, 0.3) is 0 Å². The van der Waals surface area contributed by atoms with Gasteiger partial charge in [0.05, 0.1) is 12.2 Å². The highest BCUT2D eigenvalue weighted by atomic mass is 16.8. The summed E-state index contributed by atoms with van der Waals surface area (Å²) in [5.74, 6) is -0.447.